The lowest BCUT2D eigenvalue weighted by Gasteiger charge is -2.46. The average Bonchev–Trinajstić information content (AvgIpc) is 2.15. The standard InChI is InChI=1S/C12H24N2O2/c1-4-6-12(16)8-14(9-12)7-11(15)13-10(3)5-2/h10,16H,4-9H2,1-3H3,(H,13,15). The van der Waals surface area contributed by atoms with Crippen LogP contribution in [0.5, 0.6) is 0 Å². The van der Waals surface area contributed by atoms with Gasteiger partial charge in [-0.3, -0.25) is 9.69 Å². The minimum absolute atomic E-state index is 0.0629. The first-order valence-electron chi connectivity index (χ1n) is 6.23. The van der Waals surface area contributed by atoms with Gasteiger partial charge in [-0.2, -0.15) is 0 Å². The van der Waals surface area contributed by atoms with Gasteiger partial charge in [0.25, 0.3) is 0 Å². The highest BCUT2D eigenvalue weighted by Crippen LogP contribution is 2.24. The molecule has 0 aromatic heterocycles. The number of rotatable bonds is 6. The molecule has 94 valence electrons. The maximum Gasteiger partial charge on any atom is 0.234 e. The molecule has 4 heteroatoms. The van der Waals surface area contributed by atoms with Gasteiger partial charge >= 0.3 is 0 Å². The summed E-state index contributed by atoms with van der Waals surface area (Å²) >= 11 is 0. The molecular formula is C12H24N2O2. The summed E-state index contributed by atoms with van der Waals surface area (Å²) in [4.78, 5) is 13.5. The summed E-state index contributed by atoms with van der Waals surface area (Å²) in [5, 5.41) is 12.9. The molecule has 1 heterocycles. The highest BCUT2D eigenvalue weighted by atomic mass is 16.3. The summed E-state index contributed by atoms with van der Waals surface area (Å²) in [5.41, 5.74) is -0.536. The van der Waals surface area contributed by atoms with Crippen molar-refractivity contribution in [1.82, 2.24) is 10.2 Å². The third-order valence-corrected chi connectivity index (χ3v) is 3.14. The topological polar surface area (TPSA) is 52.6 Å². The van der Waals surface area contributed by atoms with E-state index in [2.05, 4.69) is 19.2 Å². The van der Waals surface area contributed by atoms with Gasteiger partial charge in [0.05, 0.1) is 12.1 Å². The second-order valence-electron chi connectivity index (χ2n) is 5.00. The molecule has 0 bridgehead atoms. The largest absolute Gasteiger partial charge is 0.387 e. The maximum atomic E-state index is 11.6. The van der Waals surface area contributed by atoms with E-state index >= 15 is 0 Å². The molecule has 0 spiro atoms. The van der Waals surface area contributed by atoms with Crippen molar-refractivity contribution in [2.24, 2.45) is 0 Å². The average molecular weight is 228 g/mol. The molecule has 1 unspecified atom stereocenters. The van der Waals surface area contributed by atoms with Gasteiger partial charge in [0.15, 0.2) is 0 Å². The lowest BCUT2D eigenvalue weighted by atomic mass is 9.89. The first-order valence-corrected chi connectivity index (χ1v) is 6.23. The molecule has 0 radical (unpaired) electrons. The molecule has 1 amide bonds. The summed E-state index contributed by atoms with van der Waals surface area (Å²) in [6.45, 7) is 7.80. The third kappa shape index (κ3) is 3.76. The highest BCUT2D eigenvalue weighted by molar-refractivity contribution is 5.78. The van der Waals surface area contributed by atoms with Crippen molar-refractivity contribution >= 4 is 5.91 Å². The predicted molar refractivity (Wildman–Crippen MR) is 64.2 cm³/mol. The number of amides is 1. The van der Waals surface area contributed by atoms with Crippen LogP contribution in [0.2, 0.25) is 0 Å². The Morgan fingerprint density at radius 2 is 2.12 bits per heavy atom. The van der Waals surface area contributed by atoms with Gasteiger partial charge in [-0.1, -0.05) is 20.3 Å². The SMILES string of the molecule is CCCC1(O)CN(CC(=O)NC(C)CC)C1. The van der Waals surface area contributed by atoms with E-state index in [4.69, 9.17) is 0 Å². The van der Waals surface area contributed by atoms with E-state index in [0.717, 1.165) is 19.3 Å². The Bertz CT molecular complexity index is 237. The Hall–Kier alpha value is -0.610. The fourth-order valence-electron chi connectivity index (χ4n) is 2.15. The van der Waals surface area contributed by atoms with Crippen LogP contribution in [0.4, 0.5) is 0 Å². The quantitative estimate of drug-likeness (QED) is 0.705. The van der Waals surface area contributed by atoms with Crippen molar-refractivity contribution < 1.29 is 9.90 Å². The number of carbonyl (C=O) groups excluding carboxylic acids is 1. The van der Waals surface area contributed by atoms with Crippen LogP contribution in [0.1, 0.15) is 40.0 Å². The van der Waals surface area contributed by atoms with Gasteiger partial charge in [-0.25, -0.2) is 0 Å². The fraction of sp³-hybridized carbons (Fsp3) is 0.917. The summed E-state index contributed by atoms with van der Waals surface area (Å²) in [5.74, 6) is 0.0629. The number of hydrogen-bond acceptors (Lipinski definition) is 3. The molecule has 1 aliphatic heterocycles. The molecule has 0 aliphatic carbocycles. The van der Waals surface area contributed by atoms with Crippen molar-refractivity contribution in [3.05, 3.63) is 0 Å². The van der Waals surface area contributed by atoms with Crippen LogP contribution in [-0.4, -0.2) is 47.2 Å². The van der Waals surface area contributed by atoms with E-state index in [-0.39, 0.29) is 11.9 Å². The lowest BCUT2D eigenvalue weighted by Crippen LogP contribution is -2.63. The van der Waals surface area contributed by atoms with E-state index < -0.39 is 5.60 Å². The Labute approximate surface area is 98.0 Å². The van der Waals surface area contributed by atoms with Gasteiger partial charge < -0.3 is 10.4 Å². The second-order valence-corrected chi connectivity index (χ2v) is 5.00. The second kappa shape index (κ2) is 5.64. The zero-order chi connectivity index (χ0) is 12.2. The Kier molecular flexibility index (Phi) is 4.74. The van der Waals surface area contributed by atoms with E-state index in [1.54, 1.807) is 0 Å². The van der Waals surface area contributed by atoms with Gasteiger partial charge in [-0.15, -0.1) is 0 Å². The van der Waals surface area contributed by atoms with E-state index in [1.807, 2.05) is 11.8 Å². The lowest BCUT2D eigenvalue weighted by molar-refractivity contribution is -0.134. The molecule has 1 fully saturated rings. The molecule has 0 aromatic carbocycles. The van der Waals surface area contributed by atoms with Crippen molar-refractivity contribution in [2.45, 2.75) is 51.7 Å². The predicted octanol–water partition coefficient (Wildman–Crippen LogP) is 0.748. The van der Waals surface area contributed by atoms with Gasteiger partial charge in [-0.05, 0) is 19.8 Å². The van der Waals surface area contributed by atoms with Crippen molar-refractivity contribution in [1.29, 1.82) is 0 Å². The van der Waals surface area contributed by atoms with Gasteiger partial charge in [0, 0.05) is 19.1 Å². The van der Waals surface area contributed by atoms with E-state index in [0.29, 0.717) is 19.6 Å². The summed E-state index contributed by atoms with van der Waals surface area (Å²) in [6, 6.07) is 0.239. The van der Waals surface area contributed by atoms with Crippen molar-refractivity contribution in [3.63, 3.8) is 0 Å². The van der Waals surface area contributed by atoms with Crippen LogP contribution < -0.4 is 5.32 Å². The molecule has 0 aromatic rings. The van der Waals surface area contributed by atoms with Crippen LogP contribution in [0.15, 0.2) is 0 Å². The van der Waals surface area contributed by atoms with Crippen LogP contribution in [0, 0.1) is 0 Å². The van der Waals surface area contributed by atoms with Crippen LogP contribution in [0.3, 0.4) is 0 Å². The Balaban J connectivity index is 2.19. The highest BCUT2D eigenvalue weighted by Gasteiger charge is 2.40. The Morgan fingerprint density at radius 3 is 2.62 bits per heavy atom. The molecule has 4 nitrogen and oxygen atoms in total. The normalized spacial score (nSPS) is 21.2. The zero-order valence-corrected chi connectivity index (χ0v) is 10.6. The minimum Gasteiger partial charge on any atom is -0.387 e. The van der Waals surface area contributed by atoms with Crippen LogP contribution in [-0.2, 0) is 4.79 Å². The Morgan fingerprint density at radius 1 is 1.50 bits per heavy atom. The maximum absolute atomic E-state index is 11.6. The molecule has 1 aliphatic rings. The van der Waals surface area contributed by atoms with E-state index in [9.17, 15) is 9.90 Å². The van der Waals surface area contributed by atoms with Gasteiger partial charge in [0.1, 0.15) is 0 Å². The third-order valence-electron chi connectivity index (χ3n) is 3.14. The first kappa shape index (κ1) is 13.5. The minimum atomic E-state index is -0.536. The van der Waals surface area contributed by atoms with E-state index in [1.165, 1.54) is 0 Å². The fourth-order valence-corrected chi connectivity index (χ4v) is 2.15. The summed E-state index contributed by atoms with van der Waals surface area (Å²) in [7, 11) is 0. The molecule has 1 atom stereocenters. The number of nitrogens with one attached hydrogen (secondary N) is 1. The monoisotopic (exact) mass is 228 g/mol. The summed E-state index contributed by atoms with van der Waals surface area (Å²) < 4.78 is 0. The van der Waals surface area contributed by atoms with Crippen LogP contribution >= 0.6 is 0 Å². The van der Waals surface area contributed by atoms with Crippen LogP contribution in [0.25, 0.3) is 0 Å². The molecule has 1 saturated heterocycles. The van der Waals surface area contributed by atoms with Gasteiger partial charge in [0.2, 0.25) is 5.91 Å². The number of aliphatic hydroxyl groups is 1. The molecular weight excluding hydrogens is 204 g/mol. The smallest absolute Gasteiger partial charge is 0.234 e. The molecule has 2 N–H and O–H groups in total. The molecule has 0 saturated carbocycles. The zero-order valence-electron chi connectivity index (χ0n) is 10.6. The molecule has 1 rings (SSSR count). The number of β-amino-alcohol motifs (C(OH)–C–C–N with tert-alkyl or cyclic N) is 1. The summed E-state index contributed by atoms with van der Waals surface area (Å²) in [6.07, 6.45) is 2.77. The van der Waals surface area contributed by atoms with Crippen molar-refractivity contribution in [2.75, 3.05) is 19.6 Å². The number of nitrogens with zero attached hydrogens (tertiary/aromatic N) is 1. The number of likely N-dealkylation sites (tertiary alicyclic amines) is 1. The number of hydrogen-bond donors (Lipinski definition) is 2. The van der Waals surface area contributed by atoms with Crippen molar-refractivity contribution in [3.8, 4) is 0 Å². The number of carbonyl (C=O) groups is 1. The molecule has 16 heavy (non-hydrogen) atoms. The first-order chi connectivity index (χ1) is 7.49.